The van der Waals surface area contributed by atoms with Crippen LogP contribution < -0.4 is 5.73 Å². The molecule has 0 spiro atoms. The molecule has 2 N–H and O–H groups in total. The molecule has 0 saturated heterocycles. The van der Waals surface area contributed by atoms with Crippen molar-refractivity contribution >= 4 is 5.69 Å². The molecule has 0 atom stereocenters. The van der Waals surface area contributed by atoms with E-state index in [0.717, 1.165) is 12.1 Å². The first kappa shape index (κ1) is 12.5. The Labute approximate surface area is 103 Å². The number of benzene rings is 2. The van der Waals surface area contributed by atoms with E-state index in [2.05, 4.69) is 0 Å². The number of halogens is 3. The fourth-order valence-corrected chi connectivity index (χ4v) is 2.00. The molecule has 0 radical (unpaired) electrons. The van der Waals surface area contributed by atoms with Crippen molar-refractivity contribution in [2.24, 2.45) is 0 Å². The topological polar surface area (TPSA) is 26.0 Å². The van der Waals surface area contributed by atoms with Crippen LogP contribution >= 0.6 is 0 Å². The lowest BCUT2D eigenvalue weighted by molar-refractivity contribution is 0.510. The van der Waals surface area contributed by atoms with E-state index in [1.165, 1.54) is 18.2 Å². The first-order valence-corrected chi connectivity index (χ1v) is 5.57. The largest absolute Gasteiger partial charge is 0.398 e. The van der Waals surface area contributed by atoms with E-state index in [1.54, 1.807) is 6.92 Å². The van der Waals surface area contributed by atoms with E-state index in [1.807, 2.05) is 0 Å². The molecule has 94 valence electrons. The van der Waals surface area contributed by atoms with Gasteiger partial charge in [0, 0.05) is 16.8 Å². The van der Waals surface area contributed by atoms with Crippen molar-refractivity contribution in [3.8, 4) is 11.1 Å². The Balaban J connectivity index is 2.78. The quantitative estimate of drug-likeness (QED) is 0.804. The van der Waals surface area contributed by atoms with Gasteiger partial charge >= 0.3 is 0 Å². The van der Waals surface area contributed by atoms with Crippen LogP contribution in [0.5, 0.6) is 0 Å². The van der Waals surface area contributed by atoms with Crippen molar-refractivity contribution in [1.29, 1.82) is 0 Å². The highest BCUT2D eigenvalue weighted by Gasteiger charge is 2.18. The molecular formula is C14H12F3N. The van der Waals surface area contributed by atoms with Gasteiger partial charge in [0.1, 0.15) is 5.82 Å². The van der Waals surface area contributed by atoms with Crippen LogP contribution in [0.1, 0.15) is 12.5 Å². The van der Waals surface area contributed by atoms with E-state index in [9.17, 15) is 13.2 Å². The van der Waals surface area contributed by atoms with Gasteiger partial charge in [0.05, 0.1) is 0 Å². The van der Waals surface area contributed by atoms with Gasteiger partial charge in [-0.2, -0.15) is 0 Å². The van der Waals surface area contributed by atoms with Gasteiger partial charge in [-0.05, 0) is 30.2 Å². The van der Waals surface area contributed by atoms with Crippen molar-refractivity contribution in [2.75, 3.05) is 5.73 Å². The molecule has 2 aromatic carbocycles. The van der Waals surface area contributed by atoms with Crippen molar-refractivity contribution in [3.63, 3.8) is 0 Å². The number of nitrogen functional groups attached to an aromatic ring is 1. The Hall–Kier alpha value is -1.97. The van der Waals surface area contributed by atoms with Gasteiger partial charge in [0.2, 0.25) is 0 Å². The number of rotatable bonds is 2. The lowest BCUT2D eigenvalue weighted by Crippen LogP contribution is -2.01. The van der Waals surface area contributed by atoms with Gasteiger partial charge in [-0.25, -0.2) is 13.2 Å². The first-order valence-electron chi connectivity index (χ1n) is 5.57. The van der Waals surface area contributed by atoms with Crippen molar-refractivity contribution < 1.29 is 13.2 Å². The standard InChI is InChI=1S/C14H12F3N/c1-2-8-12(18)7-6-10(15)13(8)9-4-3-5-11(16)14(9)17/h3-7H,2,18H2,1H3. The highest BCUT2D eigenvalue weighted by Crippen LogP contribution is 2.33. The van der Waals surface area contributed by atoms with E-state index in [-0.39, 0.29) is 11.1 Å². The van der Waals surface area contributed by atoms with Gasteiger partial charge in [0.15, 0.2) is 11.6 Å². The number of hydrogen-bond acceptors (Lipinski definition) is 1. The summed E-state index contributed by atoms with van der Waals surface area (Å²) >= 11 is 0. The second kappa shape index (κ2) is 4.72. The molecule has 18 heavy (non-hydrogen) atoms. The predicted octanol–water partition coefficient (Wildman–Crippen LogP) is 3.92. The Morgan fingerprint density at radius 1 is 1.00 bits per heavy atom. The molecule has 0 aliphatic carbocycles. The monoisotopic (exact) mass is 251 g/mol. The van der Waals surface area contributed by atoms with Gasteiger partial charge in [0.25, 0.3) is 0 Å². The molecule has 2 rings (SSSR count). The minimum Gasteiger partial charge on any atom is -0.398 e. The summed E-state index contributed by atoms with van der Waals surface area (Å²) in [5.41, 5.74) is 6.54. The molecule has 0 heterocycles. The summed E-state index contributed by atoms with van der Waals surface area (Å²) in [5.74, 6) is -2.67. The normalized spacial score (nSPS) is 10.7. The molecule has 0 aliphatic rings. The van der Waals surface area contributed by atoms with E-state index in [4.69, 9.17) is 5.73 Å². The van der Waals surface area contributed by atoms with Gasteiger partial charge in [-0.15, -0.1) is 0 Å². The van der Waals surface area contributed by atoms with E-state index < -0.39 is 17.5 Å². The summed E-state index contributed by atoms with van der Waals surface area (Å²) in [6.45, 7) is 1.78. The van der Waals surface area contributed by atoms with Gasteiger partial charge in [-0.1, -0.05) is 19.1 Å². The molecule has 0 unspecified atom stereocenters. The average Bonchev–Trinajstić information content (AvgIpc) is 2.36. The third kappa shape index (κ3) is 1.94. The van der Waals surface area contributed by atoms with E-state index in [0.29, 0.717) is 17.7 Å². The predicted molar refractivity (Wildman–Crippen MR) is 65.5 cm³/mol. The van der Waals surface area contributed by atoms with Crippen LogP contribution in [0.3, 0.4) is 0 Å². The van der Waals surface area contributed by atoms with Crippen LogP contribution in [-0.4, -0.2) is 0 Å². The molecule has 0 amide bonds. The number of nitrogens with two attached hydrogens (primary N) is 1. The SMILES string of the molecule is CCc1c(N)ccc(F)c1-c1cccc(F)c1F. The van der Waals surface area contributed by atoms with Crippen LogP contribution in [0.4, 0.5) is 18.9 Å². The average molecular weight is 251 g/mol. The lowest BCUT2D eigenvalue weighted by atomic mass is 9.95. The van der Waals surface area contributed by atoms with Crippen LogP contribution in [0.25, 0.3) is 11.1 Å². The second-order valence-corrected chi connectivity index (χ2v) is 3.95. The maximum Gasteiger partial charge on any atom is 0.166 e. The molecule has 4 heteroatoms. The number of hydrogen-bond donors (Lipinski definition) is 1. The summed E-state index contributed by atoms with van der Waals surface area (Å²) in [6, 6.07) is 6.27. The van der Waals surface area contributed by atoms with Gasteiger partial charge < -0.3 is 5.73 Å². The Morgan fingerprint density at radius 3 is 2.39 bits per heavy atom. The van der Waals surface area contributed by atoms with Crippen LogP contribution in [-0.2, 0) is 6.42 Å². The molecule has 1 nitrogen and oxygen atoms in total. The van der Waals surface area contributed by atoms with Crippen LogP contribution in [0, 0.1) is 17.5 Å². The van der Waals surface area contributed by atoms with Crippen LogP contribution in [0.2, 0.25) is 0 Å². The molecule has 0 aliphatic heterocycles. The van der Waals surface area contributed by atoms with Crippen molar-refractivity contribution in [2.45, 2.75) is 13.3 Å². The number of anilines is 1. The summed E-state index contributed by atoms with van der Waals surface area (Å²) in [7, 11) is 0. The van der Waals surface area contributed by atoms with Crippen molar-refractivity contribution in [1.82, 2.24) is 0 Å². The summed E-state index contributed by atoms with van der Waals surface area (Å²) in [4.78, 5) is 0. The fraction of sp³-hybridized carbons (Fsp3) is 0.143. The highest BCUT2D eigenvalue weighted by atomic mass is 19.2. The molecule has 0 saturated carbocycles. The van der Waals surface area contributed by atoms with Gasteiger partial charge in [-0.3, -0.25) is 0 Å². The second-order valence-electron chi connectivity index (χ2n) is 3.95. The molecule has 0 aromatic heterocycles. The fourth-order valence-electron chi connectivity index (χ4n) is 2.00. The Bertz CT molecular complexity index is 594. The third-order valence-electron chi connectivity index (χ3n) is 2.87. The highest BCUT2D eigenvalue weighted by molar-refractivity contribution is 5.74. The zero-order valence-corrected chi connectivity index (χ0v) is 9.81. The summed E-state index contributed by atoms with van der Waals surface area (Å²) in [6.07, 6.45) is 0.439. The summed E-state index contributed by atoms with van der Waals surface area (Å²) in [5, 5.41) is 0. The first-order chi connectivity index (χ1) is 8.56. The molecule has 0 fully saturated rings. The molecule has 2 aromatic rings. The smallest absolute Gasteiger partial charge is 0.166 e. The third-order valence-corrected chi connectivity index (χ3v) is 2.87. The molecular weight excluding hydrogens is 239 g/mol. The van der Waals surface area contributed by atoms with Crippen LogP contribution in [0.15, 0.2) is 30.3 Å². The Morgan fingerprint density at radius 2 is 1.72 bits per heavy atom. The van der Waals surface area contributed by atoms with Crippen molar-refractivity contribution in [3.05, 3.63) is 53.3 Å². The zero-order chi connectivity index (χ0) is 13.3. The zero-order valence-electron chi connectivity index (χ0n) is 9.81. The minimum absolute atomic E-state index is 0.0366. The Kier molecular flexibility index (Phi) is 3.28. The molecule has 0 bridgehead atoms. The maximum atomic E-state index is 13.9. The summed E-state index contributed by atoms with van der Waals surface area (Å²) < 4.78 is 40.8. The lowest BCUT2D eigenvalue weighted by Gasteiger charge is -2.13. The minimum atomic E-state index is -1.06. The maximum absolute atomic E-state index is 13.9. The van der Waals surface area contributed by atoms with E-state index >= 15 is 0 Å².